The first-order chi connectivity index (χ1) is 7.70. The Bertz CT molecular complexity index is 384. The number of nitro groups is 1. The van der Waals surface area contributed by atoms with Gasteiger partial charge in [-0.3, -0.25) is 10.1 Å². The minimum atomic E-state index is -0.441. The Labute approximate surface area is 105 Å². The highest BCUT2D eigenvalue weighted by molar-refractivity contribution is 5.85. The van der Waals surface area contributed by atoms with Gasteiger partial charge in [0.05, 0.1) is 4.92 Å². The van der Waals surface area contributed by atoms with Crippen LogP contribution >= 0.6 is 12.4 Å². The molecule has 1 aromatic heterocycles. The van der Waals surface area contributed by atoms with Crippen LogP contribution in [-0.4, -0.2) is 29.5 Å². The number of nitrogens with two attached hydrogens (primary N) is 1. The maximum absolute atomic E-state index is 10.5. The van der Waals surface area contributed by atoms with Crippen LogP contribution in [0.3, 0.4) is 0 Å². The second-order valence-corrected chi connectivity index (χ2v) is 3.97. The average molecular weight is 259 g/mol. The van der Waals surface area contributed by atoms with Gasteiger partial charge in [-0.2, -0.15) is 0 Å². The molecule has 17 heavy (non-hydrogen) atoms. The van der Waals surface area contributed by atoms with Crippen molar-refractivity contribution in [1.29, 1.82) is 0 Å². The number of anilines is 1. The molecule has 1 unspecified atom stereocenters. The number of hydrogen-bond acceptors (Lipinski definition) is 5. The highest BCUT2D eigenvalue weighted by Gasteiger charge is 2.22. The van der Waals surface area contributed by atoms with Crippen LogP contribution in [0.15, 0.2) is 18.3 Å². The normalized spacial score (nSPS) is 18.9. The zero-order chi connectivity index (χ0) is 11.5. The largest absolute Gasteiger partial charge is 0.356 e. The van der Waals surface area contributed by atoms with E-state index in [1.54, 1.807) is 6.07 Å². The van der Waals surface area contributed by atoms with Gasteiger partial charge in [0.15, 0.2) is 0 Å². The lowest BCUT2D eigenvalue weighted by molar-refractivity contribution is -0.385. The summed E-state index contributed by atoms with van der Waals surface area (Å²) in [7, 11) is 0. The van der Waals surface area contributed by atoms with Crippen LogP contribution in [0.4, 0.5) is 11.5 Å². The summed E-state index contributed by atoms with van der Waals surface area (Å²) in [6.07, 6.45) is 2.36. The molecule has 0 saturated carbocycles. The lowest BCUT2D eigenvalue weighted by Crippen LogP contribution is -2.23. The molecule has 0 radical (unpaired) electrons. The van der Waals surface area contributed by atoms with Gasteiger partial charge in [-0.05, 0) is 24.9 Å². The number of halogens is 1. The summed E-state index contributed by atoms with van der Waals surface area (Å²) in [5.41, 5.74) is 5.63. The van der Waals surface area contributed by atoms with Crippen LogP contribution < -0.4 is 10.6 Å². The number of hydrogen-bond donors (Lipinski definition) is 1. The summed E-state index contributed by atoms with van der Waals surface area (Å²) in [4.78, 5) is 16.2. The maximum atomic E-state index is 10.5. The summed E-state index contributed by atoms with van der Waals surface area (Å²) in [6.45, 7) is 2.50. The Hall–Kier alpha value is -1.40. The maximum Gasteiger partial charge on any atom is 0.287 e. The first kappa shape index (κ1) is 13.7. The van der Waals surface area contributed by atoms with Gasteiger partial charge in [-0.15, -0.1) is 12.4 Å². The first-order valence-electron chi connectivity index (χ1n) is 5.26. The van der Waals surface area contributed by atoms with E-state index in [4.69, 9.17) is 5.73 Å². The van der Waals surface area contributed by atoms with E-state index in [9.17, 15) is 10.1 Å². The summed E-state index contributed by atoms with van der Waals surface area (Å²) < 4.78 is 0. The molecule has 0 aromatic carbocycles. The molecule has 1 aromatic rings. The predicted molar refractivity (Wildman–Crippen MR) is 67.5 cm³/mol. The number of aromatic nitrogens is 1. The van der Waals surface area contributed by atoms with E-state index in [2.05, 4.69) is 9.88 Å². The van der Waals surface area contributed by atoms with E-state index in [0.717, 1.165) is 25.3 Å². The van der Waals surface area contributed by atoms with Gasteiger partial charge < -0.3 is 10.6 Å². The SMILES string of the molecule is Cl.NCC1CCN(c2ccc([N+](=O)[O-])cn2)C1. The fourth-order valence-electron chi connectivity index (χ4n) is 1.91. The predicted octanol–water partition coefficient (Wildman–Crippen LogP) is 1.20. The van der Waals surface area contributed by atoms with Crippen molar-refractivity contribution in [2.24, 2.45) is 11.7 Å². The molecular weight excluding hydrogens is 244 g/mol. The van der Waals surface area contributed by atoms with Gasteiger partial charge in [-0.25, -0.2) is 4.98 Å². The van der Waals surface area contributed by atoms with Gasteiger partial charge in [-0.1, -0.05) is 0 Å². The van der Waals surface area contributed by atoms with Crippen LogP contribution in [0.5, 0.6) is 0 Å². The van der Waals surface area contributed by atoms with Crippen molar-refractivity contribution in [2.75, 3.05) is 24.5 Å². The fraction of sp³-hybridized carbons (Fsp3) is 0.500. The first-order valence-corrected chi connectivity index (χ1v) is 5.26. The number of rotatable bonds is 3. The van der Waals surface area contributed by atoms with Crippen LogP contribution in [0, 0.1) is 16.0 Å². The Balaban J connectivity index is 0.00000144. The minimum absolute atomic E-state index is 0. The third kappa shape index (κ3) is 3.04. The number of nitrogens with zero attached hydrogens (tertiary/aromatic N) is 3. The van der Waals surface area contributed by atoms with Gasteiger partial charge in [0, 0.05) is 19.2 Å². The minimum Gasteiger partial charge on any atom is -0.356 e. The summed E-state index contributed by atoms with van der Waals surface area (Å²) in [6, 6.07) is 3.18. The van der Waals surface area contributed by atoms with Gasteiger partial charge >= 0.3 is 0 Å². The summed E-state index contributed by atoms with van der Waals surface area (Å²) in [5, 5.41) is 10.5. The standard InChI is InChI=1S/C10H14N4O2.ClH/c11-5-8-3-4-13(7-8)10-2-1-9(6-12-10)14(15)16;/h1-2,6,8H,3-5,7,11H2;1H. The quantitative estimate of drug-likeness (QED) is 0.650. The Morgan fingerprint density at radius 1 is 1.59 bits per heavy atom. The molecule has 2 heterocycles. The van der Waals surface area contributed by atoms with Gasteiger partial charge in [0.1, 0.15) is 12.0 Å². The second-order valence-electron chi connectivity index (χ2n) is 3.97. The zero-order valence-corrected chi connectivity index (χ0v) is 10.1. The van der Waals surface area contributed by atoms with Crippen LogP contribution in [-0.2, 0) is 0 Å². The molecule has 1 aliphatic rings. The van der Waals surface area contributed by atoms with E-state index in [0.29, 0.717) is 12.5 Å². The van der Waals surface area contributed by atoms with Crippen LogP contribution in [0.2, 0.25) is 0 Å². The smallest absolute Gasteiger partial charge is 0.287 e. The lowest BCUT2D eigenvalue weighted by atomic mass is 10.1. The second kappa shape index (κ2) is 5.79. The molecule has 0 amide bonds. The Morgan fingerprint density at radius 2 is 2.35 bits per heavy atom. The van der Waals surface area contributed by atoms with E-state index in [1.165, 1.54) is 12.3 Å². The fourth-order valence-corrected chi connectivity index (χ4v) is 1.91. The topological polar surface area (TPSA) is 85.3 Å². The molecule has 1 saturated heterocycles. The van der Waals surface area contributed by atoms with Crippen molar-refractivity contribution >= 4 is 23.9 Å². The van der Waals surface area contributed by atoms with E-state index in [-0.39, 0.29) is 18.1 Å². The van der Waals surface area contributed by atoms with Crippen molar-refractivity contribution in [3.63, 3.8) is 0 Å². The molecule has 1 fully saturated rings. The van der Waals surface area contributed by atoms with E-state index >= 15 is 0 Å². The molecule has 0 aliphatic carbocycles. The third-order valence-corrected chi connectivity index (χ3v) is 2.89. The number of pyridine rings is 1. The Kier molecular flexibility index (Phi) is 4.65. The highest BCUT2D eigenvalue weighted by Crippen LogP contribution is 2.22. The van der Waals surface area contributed by atoms with Crippen molar-refractivity contribution in [3.8, 4) is 0 Å². The molecule has 94 valence electrons. The van der Waals surface area contributed by atoms with E-state index in [1.807, 2.05) is 0 Å². The van der Waals surface area contributed by atoms with Crippen molar-refractivity contribution in [1.82, 2.24) is 4.98 Å². The lowest BCUT2D eigenvalue weighted by Gasteiger charge is -2.16. The molecular formula is C10H15ClN4O2. The molecule has 0 bridgehead atoms. The third-order valence-electron chi connectivity index (χ3n) is 2.89. The summed E-state index contributed by atoms with van der Waals surface area (Å²) >= 11 is 0. The van der Waals surface area contributed by atoms with Gasteiger partial charge in [0.2, 0.25) is 0 Å². The molecule has 1 aliphatic heterocycles. The van der Waals surface area contributed by atoms with E-state index < -0.39 is 4.92 Å². The highest BCUT2D eigenvalue weighted by atomic mass is 35.5. The van der Waals surface area contributed by atoms with Crippen molar-refractivity contribution in [2.45, 2.75) is 6.42 Å². The average Bonchev–Trinajstić information content (AvgIpc) is 2.77. The zero-order valence-electron chi connectivity index (χ0n) is 9.28. The molecule has 1 atom stereocenters. The molecule has 6 nitrogen and oxygen atoms in total. The van der Waals surface area contributed by atoms with Crippen LogP contribution in [0.1, 0.15) is 6.42 Å². The molecule has 0 spiro atoms. The Morgan fingerprint density at radius 3 is 2.82 bits per heavy atom. The monoisotopic (exact) mass is 258 g/mol. The summed E-state index contributed by atoms with van der Waals surface area (Å²) in [5.74, 6) is 1.30. The molecule has 2 N–H and O–H groups in total. The van der Waals surface area contributed by atoms with Crippen LogP contribution in [0.25, 0.3) is 0 Å². The molecule has 7 heteroatoms. The molecule has 2 rings (SSSR count). The van der Waals surface area contributed by atoms with Crippen molar-refractivity contribution < 1.29 is 4.92 Å². The van der Waals surface area contributed by atoms with Gasteiger partial charge in [0.25, 0.3) is 5.69 Å². The van der Waals surface area contributed by atoms with Crippen molar-refractivity contribution in [3.05, 3.63) is 28.4 Å².